The normalized spacial score (nSPS) is 21.0. The Hall–Kier alpha value is -0.683. The van der Waals surface area contributed by atoms with Gasteiger partial charge in [0.2, 0.25) is 0 Å². The molecule has 0 radical (unpaired) electrons. The van der Waals surface area contributed by atoms with Crippen molar-refractivity contribution in [1.29, 1.82) is 0 Å². The minimum atomic E-state index is -3.52. The smallest absolute Gasteiger partial charge is 0.412 e. The van der Waals surface area contributed by atoms with Crippen LogP contribution in [0.2, 0.25) is 18.1 Å². The summed E-state index contributed by atoms with van der Waals surface area (Å²) in [5.41, 5.74) is -1.41. The van der Waals surface area contributed by atoms with Crippen LogP contribution in [0.5, 0.6) is 0 Å². The van der Waals surface area contributed by atoms with Crippen molar-refractivity contribution >= 4 is 24.5 Å². The molecule has 1 aliphatic rings. The lowest BCUT2D eigenvalue weighted by atomic mass is 9.97. The van der Waals surface area contributed by atoms with Gasteiger partial charge >= 0.3 is 6.09 Å². The largest absolute Gasteiger partial charge is 0.444 e. The van der Waals surface area contributed by atoms with Gasteiger partial charge < -0.3 is 13.9 Å². The summed E-state index contributed by atoms with van der Waals surface area (Å²) in [6, 6.07) is -0.203. The van der Waals surface area contributed by atoms with Crippen LogP contribution in [0.25, 0.3) is 0 Å². The summed E-state index contributed by atoms with van der Waals surface area (Å²) in [6.07, 6.45) is 1.73. The molecule has 0 aromatic heterocycles. The average Bonchev–Trinajstić information content (AvgIpc) is 2.83. The average molecular weight is 496 g/mol. The second-order valence-corrected chi connectivity index (χ2v) is 18.2. The molecule has 1 saturated heterocycles. The van der Waals surface area contributed by atoms with Gasteiger partial charge in [-0.1, -0.05) is 20.8 Å². The quantitative estimate of drug-likeness (QED) is 0.336. The van der Waals surface area contributed by atoms with Crippen molar-refractivity contribution in [3.8, 4) is 0 Å². The Morgan fingerprint density at radius 1 is 1.19 bits per heavy atom. The Morgan fingerprint density at radius 2 is 1.75 bits per heavy atom. The second-order valence-electron chi connectivity index (χ2n) is 11.7. The third-order valence-corrected chi connectivity index (χ3v) is 11.2. The van der Waals surface area contributed by atoms with Gasteiger partial charge in [0.05, 0.1) is 25.5 Å². The van der Waals surface area contributed by atoms with Crippen molar-refractivity contribution in [2.45, 2.75) is 104 Å². The first kappa shape index (κ1) is 29.3. The van der Waals surface area contributed by atoms with E-state index in [1.165, 1.54) is 0 Å². The minimum Gasteiger partial charge on any atom is -0.444 e. The van der Waals surface area contributed by atoms with Crippen molar-refractivity contribution in [2.75, 3.05) is 26.1 Å². The maximum atomic E-state index is 13.0. The molecule has 2 unspecified atom stereocenters. The maximum absolute atomic E-state index is 13.0. The van der Waals surface area contributed by atoms with Crippen molar-refractivity contribution in [3.05, 3.63) is 0 Å². The van der Waals surface area contributed by atoms with E-state index in [0.717, 1.165) is 6.26 Å². The number of hydrogen-bond acceptors (Lipinski definition) is 7. The zero-order valence-electron chi connectivity index (χ0n) is 21.9. The predicted molar refractivity (Wildman–Crippen MR) is 129 cm³/mol. The zero-order chi connectivity index (χ0) is 25.2. The topological polar surface area (TPSA) is 91.4 Å². The van der Waals surface area contributed by atoms with E-state index in [4.69, 9.17) is 18.1 Å². The van der Waals surface area contributed by atoms with Crippen LogP contribution in [0.4, 0.5) is 4.79 Å². The van der Waals surface area contributed by atoms with Gasteiger partial charge in [-0.3, -0.25) is 9.08 Å². The first-order valence-electron chi connectivity index (χ1n) is 11.3. The molecule has 0 bridgehead atoms. The first-order valence-corrected chi connectivity index (χ1v) is 16.0. The van der Waals surface area contributed by atoms with Crippen molar-refractivity contribution in [2.24, 2.45) is 5.92 Å². The van der Waals surface area contributed by atoms with Crippen LogP contribution >= 0.6 is 0 Å². The summed E-state index contributed by atoms with van der Waals surface area (Å²) in [7, 11) is -5.51. The SMILES string of the molecule is CC(C)(C)OC(=O)N1C(CC(CCOS(C)(=O)=O)CO[Si](C)(C)C(C)(C)C)COC1(C)C. The molecule has 1 rings (SSSR count). The fourth-order valence-corrected chi connectivity index (χ4v) is 4.78. The van der Waals surface area contributed by atoms with Crippen LogP contribution in [-0.4, -0.2) is 71.2 Å². The van der Waals surface area contributed by atoms with E-state index >= 15 is 0 Å². The Bertz CT molecular complexity index is 738. The number of carbonyl (C=O) groups excluding carboxylic acids is 1. The standard InChI is InChI=1S/C22H45NO7SSi/c1-20(2,3)30-19(24)23-18(16-27-22(23,7)8)14-17(12-13-28-31(9,25)26)15-29-32(10,11)21(4,5)6/h17-18H,12-16H2,1-11H3. The molecule has 0 aliphatic carbocycles. The van der Waals surface area contributed by atoms with Gasteiger partial charge in [-0.25, -0.2) is 4.79 Å². The third kappa shape index (κ3) is 9.28. The summed E-state index contributed by atoms with van der Waals surface area (Å²) in [5.74, 6) is -0.00156. The summed E-state index contributed by atoms with van der Waals surface area (Å²) in [4.78, 5) is 14.6. The third-order valence-electron chi connectivity index (χ3n) is 6.08. The van der Waals surface area contributed by atoms with E-state index < -0.39 is 35.9 Å². The van der Waals surface area contributed by atoms with Crippen LogP contribution in [0, 0.1) is 5.92 Å². The molecule has 32 heavy (non-hydrogen) atoms. The summed E-state index contributed by atoms with van der Waals surface area (Å²) < 4.78 is 45.8. The Balaban J connectivity index is 3.00. The molecule has 0 saturated carbocycles. The Labute approximate surface area is 196 Å². The van der Waals surface area contributed by atoms with E-state index in [-0.39, 0.29) is 23.6 Å². The van der Waals surface area contributed by atoms with Crippen LogP contribution < -0.4 is 0 Å². The highest BCUT2D eigenvalue weighted by Crippen LogP contribution is 2.38. The van der Waals surface area contributed by atoms with Crippen molar-refractivity contribution in [3.63, 3.8) is 0 Å². The lowest BCUT2D eigenvalue weighted by Gasteiger charge is -2.38. The highest BCUT2D eigenvalue weighted by molar-refractivity contribution is 7.85. The summed E-state index contributed by atoms with van der Waals surface area (Å²) in [6.45, 7) is 21.1. The monoisotopic (exact) mass is 495 g/mol. The molecule has 2 atom stereocenters. The summed E-state index contributed by atoms with van der Waals surface area (Å²) >= 11 is 0. The fourth-order valence-electron chi connectivity index (χ4n) is 3.30. The lowest BCUT2D eigenvalue weighted by molar-refractivity contribution is -0.0633. The van der Waals surface area contributed by atoms with Gasteiger partial charge in [-0.2, -0.15) is 8.42 Å². The van der Waals surface area contributed by atoms with Gasteiger partial charge in [0.25, 0.3) is 10.1 Å². The van der Waals surface area contributed by atoms with Gasteiger partial charge in [0.1, 0.15) is 11.3 Å². The lowest BCUT2D eigenvalue weighted by Crippen LogP contribution is -2.50. The summed E-state index contributed by atoms with van der Waals surface area (Å²) in [5, 5.41) is 0.0574. The molecular weight excluding hydrogens is 450 g/mol. The molecule has 0 spiro atoms. The van der Waals surface area contributed by atoms with Crippen LogP contribution in [0.15, 0.2) is 0 Å². The zero-order valence-corrected chi connectivity index (χ0v) is 23.7. The highest BCUT2D eigenvalue weighted by Gasteiger charge is 2.46. The molecule has 10 heteroatoms. The van der Waals surface area contributed by atoms with Gasteiger partial charge in [-0.15, -0.1) is 0 Å². The molecule has 1 heterocycles. The highest BCUT2D eigenvalue weighted by atomic mass is 32.2. The van der Waals surface area contributed by atoms with E-state index in [1.54, 1.807) is 4.90 Å². The van der Waals surface area contributed by atoms with E-state index in [1.807, 2.05) is 34.6 Å². The van der Waals surface area contributed by atoms with E-state index in [9.17, 15) is 13.2 Å². The van der Waals surface area contributed by atoms with Gasteiger partial charge in [-0.05, 0) is 71.5 Å². The van der Waals surface area contributed by atoms with E-state index in [0.29, 0.717) is 26.1 Å². The molecule has 0 N–H and O–H groups in total. The molecular formula is C22H45NO7SSi. The second kappa shape index (κ2) is 10.3. The Kier molecular flexibility index (Phi) is 9.44. The first-order chi connectivity index (χ1) is 14.1. The molecule has 1 fully saturated rings. The molecule has 0 aromatic carbocycles. The molecule has 1 aliphatic heterocycles. The van der Waals surface area contributed by atoms with Crippen molar-refractivity contribution < 1.29 is 31.3 Å². The molecule has 0 aromatic rings. The van der Waals surface area contributed by atoms with Crippen molar-refractivity contribution in [1.82, 2.24) is 4.90 Å². The predicted octanol–water partition coefficient (Wildman–Crippen LogP) is 4.75. The van der Waals surface area contributed by atoms with Crippen LogP contribution in [-0.2, 0) is 28.2 Å². The minimum absolute atomic E-state index is 0.00156. The molecule has 190 valence electrons. The Morgan fingerprint density at radius 3 is 2.22 bits per heavy atom. The van der Waals surface area contributed by atoms with E-state index in [2.05, 4.69) is 33.9 Å². The number of nitrogens with zero attached hydrogens (tertiary/aromatic N) is 1. The molecule has 1 amide bonds. The number of carbonyl (C=O) groups is 1. The van der Waals surface area contributed by atoms with Crippen LogP contribution in [0.3, 0.4) is 0 Å². The fraction of sp³-hybridized carbons (Fsp3) is 0.955. The van der Waals surface area contributed by atoms with Gasteiger partial charge in [0, 0.05) is 6.61 Å². The van der Waals surface area contributed by atoms with Crippen LogP contribution in [0.1, 0.15) is 68.2 Å². The number of amides is 1. The number of hydrogen-bond donors (Lipinski definition) is 0. The number of ether oxygens (including phenoxy) is 2. The number of rotatable bonds is 9. The molecule has 8 nitrogen and oxygen atoms in total. The maximum Gasteiger partial charge on any atom is 0.412 e. The van der Waals surface area contributed by atoms with Gasteiger partial charge in [0.15, 0.2) is 8.32 Å².